The number of aromatic nitrogens is 1. The number of carbonyl (C=O) groups excluding carboxylic acids is 2. The van der Waals surface area contributed by atoms with E-state index in [-0.39, 0.29) is 17.3 Å². The maximum atomic E-state index is 13.4. The van der Waals surface area contributed by atoms with Crippen LogP contribution in [0.25, 0.3) is 10.9 Å². The molecule has 0 bridgehead atoms. The predicted molar refractivity (Wildman–Crippen MR) is 120 cm³/mol. The molecule has 1 aliphatic heterocycles. The number of aromatic amines is 1. The maximum absolute atomic E-state index is 13.4. The number of fused-ring (bicyclic) bond motifs is 1. The fourth-order valence-electron chi connectivity index (χ4n) is 4.49. The first-order chi connectivity index (χ1) is 14.3. The molecular weight excluding hydrogens is 376 g/mol. The lowest BCUT2D eigenvalue weighted by Crippen LogP contribution is -2.49. The minimum absolute atomic E-state index is 0.177. The number of hydrogen-bond acceptors (Lipinski definition) is 3. The number of ether oxygens (including phenoxy) is 1. The Hall–Kier alpha value is -2.30. The van der Waals surface area contributed by atoms with Gasteiger partial charge in [-0.05, 0) is 70.9 Å². The molecule has 0 radical (unpaired) electrons. The monoisotopic (exact) mass is 412 g/mol. The molecule has 1 N–H and O–H groups in total. The second kappa shape index (κ2) is 9.23. The van der Waals surface area contributed by atoms with Crippen LogP contribution in [0.3, 0.4) is 0 Å². The van der Waals surface area contributed by atoms with Gasteiger partial charge in [-0.25, -0.2) is 0 Å². The van der Waals surface area contributed by atoms with Crippen LogP contribution in [0.5, 0.6) is 0 Å². The van der Waals surface area contributed by atoms with Crippen molar-refractivity contribution in [2.24, 2.45) is 10.8 Å². The van der Waals surface area contributed by atoms with E-state index in [1.807, 2.05) is 26.8 Å². The number of benzene rings is 1. The molecule has 5 nitrogen and oxygen atoms in total. The zero-order valence-electron chi connectivity index (χ0n) is 18.9. The summed E-state index contributed by atoms with van der Waals surface area (Å²) in [6, 6.07) is 8.30. The zero-order valence-corrected chi connectivity index (χ0v) is 18.9. The summed E-state index contributed by atoms with van der Waals surface area (Å²) >= 11 is 0. The molecule has 1 aliphatic rings. The fraction of sp³-hybridized carbons (Fsp3) is 0.600. The van der Waals surface area contributed by atoms with Gasteiger partial charge in [-0.1, -0.05) is 25.1 Å². The Morgan fingerprint density at radius 1 is 1.27 bits per heavy atom. The lowest BCUT2D eigenvalue weighted by molar-refractivity contribution is -0.153. The Kier molecular flexibility index (Phi) is 6.89. The molecule has 1 atom stereocenters. The van der Waals surface area contributed by atoms with Crippen molar-refractivity contribution in [2.75, 3.05) is 19.7 Å². The lowest BCUT2D eigenvalue weighted by Gasteiger charge is -2.41. The molecule has 3 rings (SSSR count). The van der Waals surface area contributed by atoms with Crippen molar-refractivity contribution >= 4 is 22.8 Å². The average molecular weight is 413 g/mol. The van der Waals surface area contributed by atoms with Gasteiger partial charge in [0.25, 0.3) is 0 Å². The minimum atomic E-state index is -0.484. The third-order valence-corrected chi connectivity index (χ3v) is 6.47. The van der Waals surface area contributed by atoms with Crippen molar-refractivity contribution in [2.45, 2.75) is 66.2 Å². The van der Waals surface area contributed by atoms with Gasteiger partial charge in [0.2, 0.25) is 5.91 Å². The highest BCUT2D eigenvalue weighted by Crippen LogP contribution is 2.39. The number of likely N-dealkylation sites (tertiary alicyclic amines) is 1. The second-order valence-electron chi connectivity index (χ2n) is 9.63. The normalized spacial score (nSPS) is 20.0. The number of rotatable bonds is 8. The van der Waals surface area contributed by atoms with Crippen LogP contribution in [0.1, 0.15) is 65.4 Å². The highest BCUT2D eigenvalue weighted by atomic mass is 16.5. The van der Waals surface area contributed by atoms with E-state index < -0.39 is 5.41 Å². The largest absolute Gasteiger partial charge is 0.465 e. The van der Waals surface area contributed by atoms with Crippen LogP contribution in [0.4, 0.5) is 0 Å². The number of H-pyrrole nitrogens is 1. The smallest absolute Gasteiger partial charge is 0.311 e. The predicted octanol–water partition coefficient (Wildman–Crippen LogP) is 5.10. The first-order valence-corrected chi connectivity index (χ1v) is 11.3. The van der Waals surface area contributed by atoms with Crippen molar-refractivity contribution in [3.05, 3.63) is 36.0 Å². The Morgan fingerprint density at radius 2 is 2.03 bits per heavy atom. The Morgan fingerprint density at radius 3 is 2.77 bits per heavy atom. The first-order valence-electron chi connectivity index (χ1n) is 11.3. The molecule has 0 aliphatic carbocycles. The SMILES string of the molecule is CC[C@@]1(CCCOC(=O)C(C)(C)C)CCCN(CCc2c[nH]c3ccccc23)C1=O. The second-order valence-corrected chi connectivity index (χ2v) is 9.63. The standard InChI is InChI=1S/C25H36N2O3/c1-5-25(14-9-17-30-23(29)24(2,3)4)13-8-15-27(22(25)28)16-12-19-18-26-21-11-7-6-10-20(19)21/h6-7,10-11,18,26H,5,8-9,12-17H2,1-4H3/t25-/m0/s1. The summed E-state index contributed by atoms with van der Waals surface area (Å²) in [6.07, 6.45) is 7.24. The number of piperidine rings is 1. The molecule has 30 heavy (non-hydrogen) atoms. The van der Waals surface area contributed by atoms with Crippen LogP contribution in [0.2, 0.25) is 0 Å². The van der Waals surface area contributed by atoms with Crippen molar-refractivity contribution in [3.63, 3.8) is 0 Å². The zero-order chi connectivity index (χ0) is 21.8. The Balaban J connectivity index is 1.57. The van der Waals surface area contributed by atoms with Crippen LogP contribution in [0, 0.1) is 10.8 Å². The van der Waals surface area contributed by atoms with Crippen molar-refractivity contribution < 1.29 is 14.3 Å². The van der Waals surface area contributed by atoms with Crippen LogP contribution < -0.4 is 0 Å². The molecule has 5 heteroatoms. The summed E-state index contributed by atoms with van der Waals surface area (Å²) in [4.78, 5) is 30.7. The molecular formula is C25H36N2O3. The van der Waals surface area contributed by atoms with E-state index in [4.69, 9.17) is 4.74 Å². The number of amides is 1. The molecule has 1 aromatic carbocycles. The van der Waals surface area contributed by atoms with Gasteiger partial charge in [-0.15, -0.1) is 0 Å². The van der Waals surface area contributed by atoms with Crippen LogP contribution >= 0.6 is 0 Å². The number of carbonyl (C=O) groups is 2. The van der Waals surface area contributed by atoms with Gasteiger partial charge in [0, 0.05) is 35.6 Å². The van der Waals surface area contributed by atoms with E-state index >= 15 is 0 Å². The Labute approximate surface area is 180 Å². The van der Waals surface area contributed by atoms with Crippen LogP contribution in [0.15, 0.2) is 30.5 Å². The van der Waals surface area contributed by atoms with E-state index in [2.05, 4.69) is 41.2 Å². The molecule has 164 valence electrons. The van der Waals surface area contributed by atoms with Gasteiger partial charge < -0.3 is 14.6 Å². The molecule has 1 amide bonds. The summed E-state index contributed by atoms with van der Waals surface area (Å²) in [7, 11) is 0. The van der Waals surface area contributed by atoms with Crippen LogP contribution in [-0.4, -0.2) is 41.5 Å². The topological polar surface area (TPSA) is 62.4 Å². The number of para-hydroxylation sites is 1. The molecule has 1 saturated heterocycles. The van der Waals surface area contributed by atoms with Crippen molar-refractivity contribution in [1.82, 2.24) is 9.88 Å². The highest BCUT2D eigenvalue weighted by Gasteiger charge is 2.41. The van der Waals surface area contributed by atoms with Gasteiger partial charge in [0.1, 0.15) is 0 Å². The van der Waals surface area contributed by atoms with Crippen LogP contribution in [-0.2, 0) is 20.7 Å². The number of nitrogens with one attached hydrogen (secondary N) is 1. The molecule has 2 aromatic rings. The van der Waals surface area contributed by atoms with Gasteiger partial charge in [-0.2, -0.15) is 0 Å². The number of hydrogen-bond donors (Lipinski definition) is 1. The van der Waals surface area contributed by atoms with E-state index in [1.165, 1.54) is 10.9 Å². The van der Waals surface area contributed by atoms with Gasteiger partial charge in [-0.3, -0.25) is 9.59 Å². The molecule has 0 saturated carbocycles. The lowest BCUT2D eigenvalue weighted by atomic mass is 9.73. The summed E-state index contributed by atoms with van der Waals surface area (Å²) in [5, 5.41) is 1.24. The molecule has 0 unspecified atom stereocenters. The van der Waals surface area contributed by atoms with Crippen molar-refractivity contribution in [1.29, 1.82) is 0 Å². The highest BCUT2D eigenvalue weighted by molar-refractivity contribution is 5.84. The molecule has 0 spiro atoms. The van der Waals surface area contributed by atoms with Crippen molar-refractivity contribution in [3.8, 4) is 0 Å². The quantitative estimate of drug-likeness (QED) is 0.485. The van der Waals surface area contributed by atoms with Gasteiger partial charge in [0.05, 0.1) is 12.0 Å². The summed E-state index contributed by atoms with van der Waals surface area (Å²) in [5.74, 6) is 0.0987. The maximum Gasteiger partial charge on any atom is 0.311 e. The third kappa shape index (κ3) is 4.88. The third-order valence-electron chi connectivity index (χ3n) is 6.47. The summed E-state index contributed by atoms with van der Waals surface area (Å²) in [5.41, 5.74) is 1.61. The summed E-state index contributed by atoms with van der Waals surface area (Å²) < 4.78 is 5.42. The van der Waals surface area contributed by atoms with E-state index in [0.29, 0.717) is 6.61 Å². The Bertz CT molecular complexity index is 880. The molecule has 1 aromatic heterocycles. The minimum Gasteiger partial charge on any atom is -0.465 e. The number of nitrogens with zero attached hydrogens (tertiary/aromatic N) is 1. The molecule has 1 fully saturated rings. The summed E-state index contributed by atoms with van der Waals surface area (Å²) in [6.45, 7) is 9.67. The van der Waals surface area contributed by atoms with E-state index in [9.17, 15) is 9.59 Å². The fourth-order valence-corrected chi connectivity index (χ4v) is 4.49. The van der Waals surface area contributed by atoms with Gasteiger partial charge >= 0.3 is 5.97 Å². The average Bonchev–Trinajstić information content (AvgIpc) is 3.14. The van der Waals surface area contributed by atoms with Gasteiger partial charge in [0.15, 0.2) is 0 Å². The first kappa shape index (κ1) is 22.4. The number of esters is 1. The van der Waals surface area contributed by atoms with E-state index in [1.54, 1.807) is 0 Å². The van der Waals surface area contributed by atoms with E-state index in [0.717, 1.165) is 57.1 Å². The molecule has 2 heterocycles.